The molecule has 0 unspecified atom stereocenters. The molecule has 0 aliphatic rings. The third kappa shape index (κ3) is 4.14. The van der Waals surface area contributed by atoms with Crippen LogP contribution < -0.4 is 5.32 Å². The van der Waals surface area contributed by atoms with Crippen molar-refractivity contribution in [3.63, 3.8) is 0 Å². The lowest BCUT2D eigenvalue weighted by Crippen LogP contribution is -2.14. The number of rotatable bonds is 5. The van der Waals surface area contributed by atoms with Crippen molar-refractivity contribution in [3.8, 4) is 5.69 Å². The maximum Gasteiger partial charge on any atom is 0.234 e. The summed E-state index contributed by atoms with van der Waals surface area (Å²) >= 11 is 10.5. The second-order valence-corrected chi connectivity index (χ2v) is 6.88. The minimum absolute atomic E-state index is 0.156. The fourth-order valence-electron chi connectivity index (χ4n) is 1.90. The van der Waals surface area contributed by atoms with Crippen LogP contribution in [0, 0.1) is 0 Å². The molecule has 24 heavy (non-hydrogen) atoms. The minimum atomic E-state index is -0.156. The summed E-state index contributed by atoms with van der Waals surface area (Å²) in [4.78, 5) is 12.1. The van der Waals surface area contributed by atoms with Crippen LogP contribution in [-0.2, 0) is 4.79 Å². The number of carbonyl (C=O) groups excluding carboxylic acids is 1. The molecule has 2 aromatic carbocycles. The second kappa shape index (κ2) is 7.78. The molecule has 0 atom stereocenters. The van der Waals surface area contributed by atoms with Crippen molar-refractivity contribution in [2.75, 3.05) is 11.1 Å². The van der Waals surface area contributed by atoms with E-state index in [1.165, 1.54) is 11.8 Å². The fraction of sp³-hybridized carbons (Fsp3) is 0.0667. The van der Waals surface area contributed by atoms with E-state index in [4.69, 9.17) is 11.6 Å². The molecule has 0 saturated heterocycles. The Bertz CT molecular complexity index is 858. The number of anilines is 1. The summed E-state index contributed by atoms with van der Waals surface area (Å²) in [6, 6.07) is 14.7. The molecule has 3 aromatic rings. The van der Waals surface area contributed by atoms with Crippen molar-refractivity contribution in [3.05, 3.63) is 58.0 Å². The molecule has 0 spiro atoms. The first-order valence-corrected chi connectivity index (χ1v) is 9.00. The Labute approximate surface area is 155 Å². The molecule has 0 aliphatic carbocycles. The standard InChI is InChI=1S/C15H11BrClN5OS/c16-12-8-10(6-7-13(12)17)18-14(23)9-24-15-19-20-21-22(15)11-4-2-1-3-5-11/h1-8H,9H2,(H,18,23). The molecule has 0 aliphatic heterocycles. The zero-order chi connectivity index (χ0) is 16.9. The highest BCUT2D eigenvalue weighted by atomic mass is 79.9. The Morgan fingerprint density at radius 2 is 2.04 bits per heavy atom. The number of nitrogens with zero attached hydrogens (tertiary/aromatic N) is 4. The van der Waals surface area contributed by atoms with Crippen LogP contribution in [0.1, 0.15) is 0 Å². The molecule has 0 fully saturated rings. The van der Waals surface area contributed by atoms with E-state index in [-0.39, 0.29) is 11.7 Å². The largest absolute Gasteiger partial charge is 0.325 e. The minimum Gasteiger partial charge on any atom is -0.325 e. The number of benzene rings is 2. The smallest absolute Gasteiger partial charge is 0.234 e. The van der Waals surface area contributed by atoms with Crippen LogP contribution in [0.25, 0.3) is 5.69 Å². The molecular formula is C15H11BrClN5OS. The number of hydrogen-bond donors (Lipinski definition) is 1. The zero-order valence-corrected chi connectivity index (χ0v) is 15.3. The Morgan fingerprint density at radius 1 is 1.25 bits per heavy atom. The Kier molecular flexibility index (Phi) is 5.49. The lowest BCUT2D eigenvalue weighted by atomic mass is 10.3. The van der Waals surface area contributed by atoms with Crippen molar-refractivity contribution >= 4 is 50.9 Å². The lowest BCUT2D eigenvalue weighted by Gasteiger charge is -2.06. The highest BCUT2D eigenvalue weighted by Crippen LogP contribution is 2.26. The summed E-state index contributed by atoms with van der Waals surface area (Å²) in [6.07, 6.45) is 0. The monoisotopic (exact) mass is 423 g/mol. The number of hydrogen-bond acceptors (Lipinski definition) is 5. The molecule has 122 valence electrons. The van der Waals surface area contributed by atoms with E-state index in [0.717, 1.165) is 10.2 Å². The van der Waals surface area contributed by atoms with E-state index < -0.39 is 0 Å². The first kappa shape index (κ1) is 16.9. The number of nitrogens with one attached hydrogen (secondary N) is 1. The molecule has 0 saturated carbocycles. The van der Waals surface area contributed by atoms with Crippen LogP contribution >= 0.6 is 39.3 Å². The summed E-state index contributed by atoms with van der Waals surface area (Å²) in [5.74, 6) is 0.0322. The summed E-state index contributed by atoms with van der Waals surface area (Å²) in [5, 5.41) is 15.5. The van der Waals surface area contributed by atoms with Crippen molar-refractivity contribution in [2.24, 2.45) is 0 Å². The van der Waals surface area contributed by atoms with E-state index in [9.17, 15) is 4.79 Å². The number of tetrazole rings is 1. The molecule has 6 nitrogen and oxygen atoms in total. The molecule has 1 aromatic heterocycles. The molecule has 9 heteroatoms. The van der Waals surface area contributed by atoms with Gasteiger partial charge in [0.1, 0.15) is 0 Å². The van der Waals surface area contributed by atoms with E-state index in [2.05, 4.69) is 36.8 Å². The summed E-state index contributed by atoms with van der Waals surface area (Å²) in [7, 11) is 0. The van der Waals surface area contributed by atoms with Gasteiger partial charge in [0, 0.05) is 10.2 Å². The summed E-state index contributed by atoms with van der Waals surface area (Å²) < 4.78 is 2.32. The third-order valence-corrected chi connectivity index (χ3v) is 5.11. The predicted molar refractivity (Wildman–Crippen MR) is 97.7 cm³/mol. The topological polar surface area (TPSA) is 72.7 Å². The van der Waals surface area contributed by atoms with Gasteiger partial charge in [-0.2, -0.15) is 4.68 Å². The fourth-order valence-corrected chi connectivity index (χ4v) is 3.09. The Balaban J connectivity index is 1.63. The van der Waals surface area contributed by atoms with Crippen molar-refractivity contribution in [1.29, 1.82) is 0 Å². The SMILES string of the molecule is O=C(CSc1nnnn1-c1ccccc1)Nc1ccc(Cl)c(Br)c1. The van der Waals surface area contributed by atoms with Gasteiger partial charge < -0.3 is 5.32 Å². The van der Waals surface area contributed by atoms with E-state index in [1.54, 1.807) is 22.9 Å². The number of amides is 1. The van der Waals surface area contributed by atoms with Gasteiger partial charge in [-0.15, -0.1) is 5.10 Å². The molecule has 1 amide bonds. The predicted octanol–water partition coefficient (Wildman–Crippen LogP) is 3.81. The number of para-hydroxylation sites is 1. The van der Waals surface area contributed by atoms with Crippen LogP contribution in [0.4, 0.5) is 5.69 Å². The number of carbonyl (C=O) groups is 1. The van der Waals surface area contributed by atoms with E-state index >= 15 is 0 Å². The number of thioether (sulfide) groups is 1. The van der Waals surface area contributed by atoms with Crippen LogP contribution in [0.15, 0.2) is 58.2 Å². The van der Waals surface area contributed by atoms with Gasteiger partial charge in [0.2, 0.25) is 11.1 Å². The maximum absolute atomic E-state index is 12.1. The maximum atomic E-state index is 12.1. The average Bonchev–Trinajstić information content (AvgIpc) is 3.06. The molecule has 0 radical (unpaired) electrons. The summed E-state index contributed by atoms with van der Waals surface area (Å²) in [5.41, 5.74) is 1.51. The molecule has 1 heterocycles. The van der Waals surface area contributed by atoms with Gasteiger partial charge >= 0.3 is 0 Å². The van der Waals surface area contributed by atoms with Crippen LogP contribution in [0.3, 0.4) is 0 Å². The van der Waals surface area contributed by atoms with Crippen LogP contribution in [0.2, 0.25) is 5.02 Å². The highest BCUT2D eigenvalue weighted by molar-refractivity contribution is 9.10. The quantitative estimate of drug-likeness (QED) is 0.631. The van der Waals surface area contributed by atoms with Crippen molar-refractivity contribution < 1.29 is 4.79 Å². The van der Waals surface area contributed by atoms with Crippen molar-refractivity contribution in [2.45, 2.75) is 5.16 Å². The van der Waals surface area contributed by atoms with Crippen LogP contribution in [0.5, 0.6) is 0 Å². The Hall–Kier alpha value is -1.90. The van der Waals surface area contributed by atoms with Crippen LogP contribution in [-0.4, -0.2) is 31.9 Å². The molecular weight excluding hydrogens is 414 g/mol. The van der Waals surface area contributed by atoms with Gasteiger partial charge in [-0.3, -0.25) is 4.79 Å². The molecule has 0 bridgehead atoms. The van der Waals surface area contributed by atoms with Crippen molar-refractivity contribution in [1.82, 2.24) is 20.2 Å². The van der Waals surface area contributed by atoms with E-state index in [0.29, 0.717) is 15.9 Å². The molecule has 3 rings (SSSR count). The second-order valence-electron chi connectivity index (χ2n) is 4.67. The van der Waals surface area contributed by atoms with E-state index in [1.807, 2.05) is 30.3 Å². The third-order valence-electron chi connectivity index (χ3n) is 2.98. The Morgan fingerprint density at radius 3 is 2.79 bits per heavy atom. The van der Waals surface area contributed by atoms with Gasteiger partial charge in [0.25, 0.3) is 0 Å². The lowest BCUT2D eigenvalue weighted by molar-refractivity contribution is -0.113. The highest BCUT2D eigenvalue weighted by Gasteiger charge is 2.12. The normalized spacial score (nSPS) is 10.6. The van der Waals surface area contributed by atoms with Gasteiger partial charge in [-0.25, -0.2) is 0 Å². The average molecular weight is 425 g/mol. The molecule has 1 N–H and O–H groups in total. The van der Waals surface area contributed by atoms with Gasteiger partial charge in [-0.1, -0.05) is 41.6 Å². The zero-order valence-electron chi connectivity index (χ0n) is 12.2. The van der Waals surface area contributed by atoms with Gasteiger partial charge in [0.15, 0.2) is 0 Å². The first-order valence-electron chi connectivity index (χ1n) is 6.85. The van der Waals surface area contributed by atoms with Gasteiger partial charge in [0.05, 0.1) is 16.5 Å². The number of halogens is 2. The number of aromatic nitrogens is 4. The first-order chi connectivity index (χ1) is 11.6. The summed E-state index contributed by atoms with van der Waals surface area (Å²) in [6.45, 7) is 0. The van der Waals surface area contributed by atoms with Gasteiger partial charge in [-0.05, 0) is 56.7 Å².